The predicted octanol–water partition coefficient (Wildman–Crippen LogP) is 2.90. The van der Waals surface area contributed by atoms with Gasteiger partial charge < -0.3 is 5.11 Å². The molecule has 0 saturated heterocycles. The topological polar surface area (TPSA) is 57.6 Å². The van der Waals surface area contributed by atoms with Crippen LogP contribution in [0.25, 0.3) is 0 Å². The standard InChI is InChI=1S/C15H14BrNO3S/c16-13-2-5-15(6-3-13)21(19,20)17-8-7-11-1-4-14(18)9-12(11)10-17/h1-6,9,18H,7-8,10H2. The van der Waals surface area contributed by atoms with E-state index in [1.807, 2.05) is 6.07 Å². The number of hydrogen-bond acceptors (Lipinski definition) is 3. The first kappa shape index (κ1) is 14.6. The van der Waals surface area contributed by atoms with Gasteiger partial charge in [-0.3, -0.25) is 0 Å². The van der Waals surface area contributed by atoms with Crippen molar-refractivity contribution in [2.75, 3.05) is 6.54 Å². The summed E-state index contributed by atoms with van der Waals surface area (Å²) in [7, 11) is -3.50. The van der Waals surface area contributed by atoms with Gasteiger partial charge in [-0.25, -0.2) is 8.42 Å². The van der Waals surface area contributed by atoms with E-state index in [4.69, 9.17) is 0 Å². The third-order valence-corrected chi connectivity index (χ3v) is 6.01. The molecule has 110 valence electrons. The van der Waals surface area contributed by atoms with Crippen molar-refractivity contribution in [2.45, 2.75) is 17.9 Å². The summed E-state index contributed by atoms with van der Waals surface area (Å²) >= 11 is 3.30. The largest absolute Gasteiger partial charge is 0.508 e. The van der Waals surface area contributed by atoms with Gasteiger partial charge in [0, 0.05) is 17.6 Å². The average Bonchev–Trinajstić information content (AvgIpc) is 2.47. The van der Waals surface area contributed by atoms with Gasteiger partial charge in [-0.15, -0.1) is 0 Å². The van der Waals surface area contributed by atoms with Crippen LogP contribution < -0.4 is 0 Å². The monoisotopic (exact) mass is 367 g/mol. The Morgan fingerprint density at radius 3 is 2.48 bits per heavy atom. The zero-order valence-corrected chi connectivity index (χ0v) is 13.6. The van der Waals surface area contributed by atoms with E-state index in [1.54, 1.807) is 36.4 Å². The summed E-state index contributed by atoms with van der Waals surface area (Å²) in [6, 6.07) is 11.8. The van der Waals surface area contributed by atoms with Gasteiger partial charge in [0.25, 0.3) is 0 Å². The van der Waals surface area contributed by atoms with Crippen LogP contribution in [0.2, 0.25) is 0 Å². The van der Waals surface area contributed by atoms with Crippen molar-refractivity contribution in [1.82, 2.24) is 4.31 Å². The van der Waals surface area contributed by atoms with Gasteiger partial charge in [-0.2, -0.15) is 4.31 Å². The number of halogens is 1. The molecule has 0 unspecified atom stereocenters. The van der Waals surface area contributed by atoms with Crippen LogP contribution in [-0.4, -0.2) is 24.4 Å². The fourth-order valence-corrected chi connectivity index (χ4v) is 4.16. The van der Waals surface area contributed by atoms with Gasteiger partial charge in [0.1, 0.15) is 5.75 Å². The van der Waals surface area contributed by atoms with Crippen LogP contribution in [0.15, 0.2) is 51.8 Å². The van der Waals surface area contributed by atoms with Crippen molar-refractivity contribution >= 4 is 26.0 Å². The minimum Gasteiger partial charge on any atom is -0.508 e. The fourth-order valence-electron chi connectivity index (χ4n) is 2.48. The van der Waals surface area contributed by atoms with Gasteiger partial charge in [-0.05, 0) is 53.9 Å². The molecule has 2 aromatic rings. The molecule has 1 heterocycles. The van der Waals surface area contributed by atoms with Gasteiger partial charge in [0.2, 0.25) is 10.0 Å². The lowest BCUT2D eigenvalue weighted by Crippen LogP contribution is -2.35. The van der Waals surface area contributed by atoms with Crippen LogP contribution in [0.1, 0.15) is 11.1 Å². The van der Waals surface area contributed by atoms with E-state index in [9.17, 15) is 13.5 Å². The zero-order valence-electron chi connectivity index (χ0n) is 11.2. The van der Waals surface area contributed by atoms with Crippen molar-refractivity contribution in [2.24, 2.45) is 0 Å². The second-order valence-corrected chi connectivity index (χ2v) is 7.85. The molecule has 0 aromatic heterocycles. The Morgan fingerprint density at radius 1 is 1.05 bits per heavy atom. The lowest BCUT2D eigenvalue weighted by Gasteiger charge is -2.28. The van der Waals surface area contributed by atoms with Gasteiger partial charge in [0.05, 0.1) is 4.90 Å². The lowest BCUT2D eigenvalue weighted by atomic mass is 10.0. The quantitative estimate of drug-likeness (QED) is 0.887. The van der Waals surface area contributed by atoms with Crippen molar-refractivity contribution < 1.29 is 13.5 Å². The molecule has 0 atom stereocenters. The molecule has 3 rings (SSSR count). The van der Waals surface area contributed by atoms with E-state index in [1.165, 1.54) is 4.31 Å². The summed E-state index contributed by atoms with van der Waals surface area (Å²) in [6.07, 6.45) is 0.658. The molecule has 1 aliphatic rings. The van der Waals surface area contributed by atoms with Crippen molar-refractivity contribution in [3.05, 3.63) is 58.1 Å². The van der Waals surface area contributed by atoms with Crippen LogP contribution in [0.3, 0.4) is 0 Å². The maximum Gasteiger partial charge on any atom is 0.243 e. The molecular weight excluding hydrogens is 354 g/mol. The minimum absolute atomic E-state index is 0.164. The molecule has 1 N–H and O–H groups in total. The molecular formula is C15H14BrNO3S. The Morgan fingerprint density at radius 2 is 1.76 bits per heavy atom. The molecule has 4 nitrogen and oxygen atoms in total. The Bertz CT molecular complexity index is 772. The molecule has 0 saturated carbocycles. The number of phenols is 1. The Labute approximate surface area is 132 Å². The highest BCUT2D eigenvalue weighted by atomic mass is 79.9. The SMILES string of the molecule is O=S(=O)(c1ccc(Br)cc1)N1CCc2ccc(O)cc2C1. The van der Waals surface area contributed by atoms with E-state index in [0.29, 0.717) is 19.5 Å². The molecule has 6 heteroatoms. The Balaban J connectivity index is 1.93. The second-order valence-electron chi connectivity index (χ2n) is 5.00. The van der Waals surface area contributed by atoms with E-state index in [2.05, 4.69) is 15.9 Å². The van der Waals surface area contributed by atoms with E-state index in [0.717, 1.165) is 15.6 Å². The number of fused-ring (bicyclic) bond motifs is 1. The average molecular weight is 368 g/mol. The maximum atomic E-state index is 12.6. The molecule has 0 spiro atoms. The summed E-state index contributed by atoms with van der Waals surface area (Å²) in [5.41, 5.74) is 1.96. The predicted molar refractivity (Wildman–Crippen MR) is 83.5 cm³/mol. The number of sulfonamides is 1. The van der Waals surface area contributed by atoms with Crippen LogP contribution >= 0.6 is 15.9 Å². The van der Waals surface area contributed by atoms with Crippen LogP contribution in [0, 0.1) is 0 Å². The third kappa shape index (κ3) is 2.84. The Kier molecular flexibility index (Phi) is 3.77. The van der Waals surface area contributed by atoms with Gasteiger partial charge in [-0.1, -0.05) is 22.0 Å². The zero-order chi connectivity index (χ0) is 15.0. The highest BCUT2D eigenvalue weighted by Gasteiger charge is 2.28. The Hall–Kier alpha value is -1.37. The molecule has 0 radical (unpaired) electrons. The molecule has 0 amide bonds. The first-order valence-corrected chi connectivity index (χ1v) is 8.76. The molecule has 21 heavy (non-hydrogen) atoms. The number of aromatic hydroxyl groups is 1. The summed E-state index contributed by atoms with van der Waals surface area (Å²) in [6.45, 7) is 0.748. The van der Waals surface area contributed by atoms with Crippen LogP contribution in [0.5, 0.6) is 5.75 Å². The number of rotatable bonds is 2. The normalized spacial score (nSPS) is 15.7. The van der Waals surface area contributed by atoms with E-state index < -0.39 is 10.0 Å². The highest BCUT2D eigenvalue weighted by Crippen LogP contribution is 2.27. The molecule has 2 aromatic carbocycles. The first-order valence-electron chi connectivity index (χ1n) is 6.53. The number of nitrogens with zero attached hydrogens (tertiary/aromatic N) is 1. The van der Waals surface area contributed by atoms with Gasteiger partial charge >= 0.3 is 0 Å². The summed E-state index contributed by atoms with van der Waals surface area (Å²) in [5, 5.41) is 9.55. The number of phenolic OH excluding ortho intramolecular Hbond substituents is 1. The first-order chi connectivity index (χ1) is 9.96. The van der Waals surface area contributed by atoms with E-state index in [-0.39, 0.29) is 10.6 Å². The second kappa shape index (κ2) is 5.44. The molecule has 0 bridgehead atoms. The molecule has 1 aliphatic heterocycles. The van der Waals surface area contributed by atoms with Crippen molar-refractivity contribution in [3.8, 4) is 5.75 Å². The van der Waals surface area contributed by atoms with Crippen molar-refractivity contribution in [1.29, 1.82) is 0 Å². The molecule has 0 fully saturated rings. The molecule has 0 aliphatic carbocycles. The maximum absolute atomic E-state index is 12.6. The van der Waals surface area contributed by atoms with E-state index >= 15 is 0 Å². The summed E-state index contributed by atoms with van der Waals surface area (Å²) < 4.78 is 27.6. The smallest absolute Gasteiger partial charge is 0.243 e. The van der Waals surface area contributed by atoms with Crippen LogP contribution in [0.4, 0.5) is 0 Å². The fraction of sp³-hybridized carbons (Fsp3) is 0.200. The highest BCUT2D eigenvalue weighted by molar-refractivity contribution is 9.10. The van der Waals surface area contributed by atoms with Crippen LogP contribution in [-0.2, 0) is 23.0 Å². The minimum atomic E-state index is -3.50. The number of hydrogen-bond donors (Lipinski definition) is 1. The summed E-state index contributed by atoms with van der Waals surface area (Å²) in [4.78, 5) is 0.286. The lowest BCUT2D eigenvalue weighted by molar-refractivity contribution is 0.389. The summed E-state index contributed by atoms with van der Waals surface area (Å²) in [5.74, 6) is 0.164. The van der Waals surface area contributed by atoms with Gasteiger partial charge in [0.15, 0.2) is 0 Å². The third-order valence-electron chi connectivity index (χ3n) is 3.62. The van der Waals surface area contributed by atoms with Crippen molar-refractivity contribution in [3.63, 3.8) is 0 Å². The number of benzene rings is 2.